The first-order valence-electron chi connectivity index (χ1n) is 7.29. The molecule has 0 saturated heterocycles. The van der Waals surface area contributed by atoms with E-state index < -0.39 is 0 Å². The van der Waals surface area contributed by atoms with Crippen molar-refractivity contribution >= 4 is 0 Å². The highest BCUT2D eigenvalue weighted by atomic mass is 15.1. The van der Waals surface area contributed by atoms with E-state index in [2.05, 4.69) is 58.5 Å². The molecular weight excluding hydrogens is 246 g/mol. The largest absolute Gasteiger partial charge is 0.313 e. The highest BCUT2D eigenvalue weighted by Crippen LogP contribution is 2.23. The Morgan fingerprint density at radius 3 is 2.45 bits per heavy atom. The molecule has 2 aromatic rings. The Bertz CT molecular complexity index is 538. The summed E-state index contributed by atoms with van der Waals surface area (Å²) in [7, 11) is 0. The highest BCUT2D eigenvalue weighted by Gasteiger charge is 2.18. The maximum Gasteiger partial charge on any atom is 0.0544 e. The Morgan fingerprint density at radius 2 is 1.85 bits per heavy atom. The molecule has 0 amide bonds. The van der Waals surface area contributed by atoms with Crippen molar-refractivity contribution in [2.75, 3.05) is 6.54 Å². The molecule has 1 aliphatic heterocycles. The number of hydrogen-bond donors (Lipinski definition) is 1. The lowest BCUT2D eigenvalue weighted by atomic mass is 10.1. The highest BCUT2D eigenvalue weighted by molar-refractivity contribution is 5.30. The molecule has 1 aliphatic rings. The average Bonchev–Trinajstić information content (AvgIpc) is 2.89. The minimum absolute atomic E-state index is 0.902. The van der Waals surface area contributed by atoms with E-state index in [4.69, 9.17) is 0 Å². The quantitative estimate of drug-likeness (QED) is 0.903. The van der Waals surface area contributed by atoms with Crippen LogP contribution >= 0.6 is 0 Å². The molecule has 3 nitrogen and oxygen atoms in total. The molecule has 1 aromatic heterocycles. The molecule has 0 radical (unpaired) electrons. The van der Waals surface area contributed by atoms with Crippen molar-refractivity contribution in [2.45, 2.75) is 33.1 Å². The van der Waals surface area contributed by atoms with Gasteiger partial charge in [0.15, 0.2) is 0 Å². The lowest BCUT2D eigenvalue weighted by Crippen LogP contribution is -2.17. The normalized spacial score (nSPS) is 14.4. The Labute approximate surface area is 120 Å². The summed E-state index contributed by atoms with van der Waals surface area (Å²) in [6, 6.07) is 13.0. The molecule has 0 saturated carbocycles. The molecule has 0 fully saturated rings. The fraction of sp³-hybridized carbons (Fsp3) is 0.353. The van der Waals surface area contributed by atoms with Gasteiger partial charge in [0.2, 0.25) is 0 Å². The number of nitrogens with zero attached hydrogens (tertiary/aromatic N) is 2. The van der Waals surface area contributed by atoms with Crippen molar-refractivity contribution in [1.82, 2.24) is 15.2 Å². The first-order valence-corrected chi connectivity index (χ1v) is 7.29. The SMILES string of the molecule is CCNCc1ccc(CN2Cc3ccccc3C2)nc1. The van der Waals surface area contributed by atoms with Gasteiger partial charge >= 0.3 is 0 Å². The number of pyridine rings is 1. The maximum atomic E-state index is 4.58. The van der Waals surface area contributed by atoms with E-state index in [1.54, 1.807) is 0 Å². The van der Waals surface area contributed by atoms with Crippen LogP contribution < -0.4 is 5.32 Å². The van der Waals surface area contributed by atoms with Crippen LogP contribution in [0, 0.1) is 0 Å². The van der Waals surface area contributed by atoms with Crippen LogP contribution in [0.1, 0.15) is 29.3 Å². The van der Waals surface area contributed by atoms with Crippen LogP contribution in [0.2, 0.25) is 0 Å². The summed E-state index contributed by atoms with van der Waals surface area (Å²) in [6.45, 7) is 7.02. The summed E-state index contributed by atoms with van der Waals surface area (Å²) in [4.78, 5) is 7.02. The first-order chi connectivity index (χ1) is 9.85. The van der Waals surface area contributed by atoms with Gasteiger partial charge in [-0.25, -0.2) is 0 Å². The Morgan fingerprint density at radius 1 is 1.10 bits per heavy atom. The third-order valence-electron chi connectivity index (χ3n) is 3.76. The third-order valence-corrected chi connectivity index (χ3v) is 3.76. The van der Waals surface area contributed by atoms with E-state index in [9.17, 15) is 0 Å². The molecule has 1 N–H and O–H groups in total. The van der Waals surface area contributed by atoms with Crippen molar-refractivity contribution in [3.63, 3.8) is 0 Å². The van der Waals surface area contributed by atoms with Gasteiger partial charge in [0.05, 0.1) is 5.69 Å². The van der Waals surface area contributed by atoms with Crippen LogP contribution in [0.15, 0.2) is 42.6 Å². The zero-order valence-electron chi connectivity index (χ0n) is 12.0. The number of benzene rings is 1. The van der Waals surface area contributed by atoms with Crippen LogP contribution in [0.25, 0.3) is 0 Å². The molecule has 0 unspecified atom stereocenters. The van der Waals surface area contributed by atoms with E-state index in [0.29, 0.717) is 0 Å². The fourth-order valence-corrected chi connectivity index (χ4v) is 2.67. The van der Waals surface area contributed by atoms with Crippen LogP contribution in [-0.4, -0.2) is 16.4 Å². The van der Waals surface area contributed by atoms with E-state index in [0.717, 1.165) is 38.4 Å². The van der Waals surface area contributed by atoms with Gasteiger partial charge in [-0.3, -0.25) is 9.88 Å². The van der Waals surface area contributed by atoms with E-state index >= 15 is 0 Å². The molecule has 3 rings (SSSR count). The third kappa shape index (κ3) is 3.06. The summed E-state index contributed by atoms with van der Waals surface area (Å²) in [5.74, 6) is 0. The summed E-state index contributed by atoms with van der Waals surface area (Å²) in [6.07, 6.45) is 1.99. The number of hydrogen-bond acceptors (Lipinski definition) is 3. The summed E-state index contributed by atoms with van der Waals surface area (Å²) >= 11 is 0. The average molecular weight is 267 g/mol. The van der Waals surface area contributed by atoms with E-state index in [1.807, 2.05) is 6.20 Å². The predicted molar refractivity (Wildman–Crippen MR) is 81.0 cm³/mol. The van der Waals surface area contributed by atoms with Gasteiger partial charge in [-0.1, -0.05) is 37.3 Å². The smallest absolute Gasteiger partial charge is 0.0544 e. The van der Waals surface area contributed by atoms with Gasteiger partial charge in [-0.2, -0.15) is 0 Å². The second-order valence-electron chi connectivity index (χ2n) is 5.35. The molecule has 104 valence electrons. The van der Waals surface area contributed by atoms with Crippen LogP contribution in [0.5, 0.6) is 0 Å². The summed E-state index contributed by atoms with van der Waals surface area (Å²) in [5.41, 5.74) is 5.31. The van der Waals surface area contributed by atoms with Gasteiger partial charge < -0.3 is 5.32 Å². The molecular formula is C17H21N3. The zero-order valence-corrected chi connectivity index (χ0v) is 12.0. The number of rotatable bonds is 5. The van der Waals surface area contributed by atoms with Crippen molar-refractivity contribution in [3.05, 3.63) is 65.0 Å². The molecule has 0 spiro atoms. The Hall–Kier alpha value is -1.71. The van der Waals surface area contributed by atoms with Crippen molar-refractivity contribution < 1.29 is 0 Å². The second kappa shape index (κ2) is 6.16. The van der Waals surface area contributed by atoms with Gasteiger partial charge in [0.1, 0.15) is 0 Å². The topological polar surface area (TPSA) is 28.2 Å². The van der Waals surface area contributed by atoms with Crippen LogP contribution in [0.4, 0.5) is 0 Å². The molecule has 2 heterocycles. The van der Waals surface area contributed by atoms with Crippen LogP contribution in [0.3, 0.4) is 0 Å². The first kappa shape index (κ1) is 13.3. The van der Waals surface area contributed by atoms with Crippen molar-refractivity contribution in [2.24, 2.45) is 0 Å². The number of nitrogens with one attached hydrogen (secondary N) is 1. The minimum atomic E-state index is 0.902. The molecule has 0 aliphatic carbocycles. The zero-order chi connectivity index (χ0) is 13.8. The minimum Gasteiger partial charge on any atom is -0.313 e. The van der Waals surface area contributed by atoms with Crippen molar-refractivity contribution in [1.29, 1.82) is 0 Å². The molecule has 1 aromatic carbocycles. The predicted octanol–water partition coefficient (Wildman–Crippen LogP) is 2.71. The lowest BCUT2D eigenvalue weighted by molar-refractivity contribution is 0.272. The van der Waals surface area contributed by atoms with Crippen LogP contribution in [-0.2, 0) is 26.2 Å². The number of aromatic nitrogens is 1. The molecule has 20 heavy (non-hydrogen) atoms. The van der Waals surface area contributed by atoms with Gasteiger partial charge in [0, 0.05) is 32.4 Å². The van der Waals surface area contributed by atoms with E-state index in [-0.39, 0.29) is 0 Å². The molecule has 0 atom stereocenters. The van der Waals surface area contributed by atoms with E-state index in [1.165, 1.54) is 16.7 Å². The standard InChI is InChI=1S/C17H21N3/c1-2-18-9-14-7-8-17(19-10-14)13-20-11-15-5-3-4-6-16(15)12-20/h3-8,10,18H,2,9,11-13H2,1H3. The summed E-state index contributed by atoms with van der Waals surface area (Å²) in [5, 5.41) is 3.32. The Balaban J connectivity index is 1.59. The Kier molecular flexibility index (Phi) is 4.09. The lowest BCUT2D eigenvalue weighted by Gasteiger charge is -2.14. The molecule has 0 bridgehead atoms. The molecule has 3 heteroatoms. The van der Waals surface area contributed by atoms with Crippen molar-refractivity contribution in [3.8, 4) is 0 Å². The fourth-order valence-electron chi connectivity index (χ4n) is 2.67. The van der Waals surface area contributed by atoms with Gasteiger partial charge in [-0.15, -0.1) is 0 Å². The number of fused-ring (bicyclic) bond motifs is 1. The summed E-state index contributed by atoms with van der Waals surface area (Å²) < 4.78 is 0. The second-order valence-corrected chi connectivity index (χ2v) is 5.35. The monoisotopic (exact) mass is 267 g/mol. The maximum absolute atomic E-state index is 4.58. The van der Waals surface area contributed by atoms with Gasteiger partial charge in [-0.05, 0) is 29.3 Å². The van der Waals surface area contributed by atoms with Gasteiger partial charge in [0.25, 0.3) is 0 Å².